The van der Waals surface area contributed by atoms with Crippen molar-refractivity contribution in [2.75, 3.05) is 0 Å². The Morgan fingerprint density at radius 1 is 1.18 bits per heavy atom. The number of aromatic nitrogens is 1. The Morgan fingerprint density at radius 2 is 1.82 bits per heavy atom. The van der Waals surface area contributed by atoms with Crippen molar-refractivity contribution >= 4 is 30.4 Å². The number of carboxylic acid groups (broad SMARTS) is 1. The highest BCUT2D eigenvalue weighted by Crippen LogP contribution is 2.31. The van der Waals surface area contributed by atoms with Crippen LogP contribution in [0.2, 0.25) is 0 Å². The van der Waals surface area contributed by atoms with Gasteiger partial charge in [0.15, 0.2) is 0 Å². The van der Waals surface area contributed by atoms with Crippen molar-refractivity contribution in [1.82, 2.24) is 15.6 Å². The summed E-state index contributed by atoms with van der Waals surface area (Å²) in [5, 5.41) is 14.7. The first-order valence-corrected chi connectivity index (χ1v) is 11.7. The van der Waals surface area contributed by atoms with E-state index in [1.54, 1.807) is 6.92 Å². The first kappa shape index (κ1) is 24.8. The molecule has 0 aliphatic heterocycles. The number of carbonyl (C=O) groups excluding carboxylic acids is 2. The molecule has 0 spiro atoms. The van der Waals surface area contributed by atoms with Crippen molar-refractivity contribution in [1.29, 1.82) is 0 Å². The maximum absolute atomic E-state index is 13.3. The molecule has 0 bridgehead atoms. The van der Waals surface area contributed by atoms with E-state index in [0.29, 0.717) is 30.2 Å². The van der Waals surface area contributed by atoms with Gasteiger partial charge in [-0.2, -0.15) is 12.6 Å². The van der Waals surface area contributed by atoms with E-state index in [1.807, 2.05) is 44.2 Å². The number of aliphatic carboxylic acids is 1. The predicted octanol–water partition coefficient (Wildman–Crippen LogP) is 3.15. The second kappa shape index (κ2) is 10.4. The van der Waals surface area contributed by atoms with Crippen LogP contribution in [0.1, 0.15) is 51.0 Å². The quantitative estimate of drug-likeness (QED) is 0.415. The Kier molecular flexibility index (Phi) is 7.84. The van der Waals surface area contributed by atoms with E-state index in [-0.39, 0.29) is 18.2 Å². The maximum atomic E-state index is 13.3. The van der Waals surface area contributed by atoms with Crippen LogP contribution in [0, 0.1) is 12.8 Å². The zero-order valence-electron chi connectivity index (χ0n) is 19.1. The Labute approximate surface area is 199 Å². The number of rotatable bonds is 9. The summed E-state index contributed by atoms with van der Waals surface area (Å²) >= 11 is 4.35. The van der Waals surface area contributed by atoms with Gasteiger partial charge in [-0.25, -0.2) is 9.78 Å². The maximum Gasteiger partial charge on any atom is 0.326 e. The normalized spacial score (nSPS) is 16.9. The number of nitrogens with one attached hydrogen (secondary N) is 2. The highest BCUT2D eigenvalue weighted by Gasteiger charge is 2.44. The molecule has 1 heterocycles. The van der Waals surface area contributed by atoms with E-state index in [1.165, 1.54) is 0 Å². The minimum Gasteiger partial charge on any atom is -0.480 e. The zero-order chi connectivity index (χ0) is 24.2. The van der Waals surface area contributed by atoms with Gasteiger partial charge in [-0.05, 0) is 37.8 Å². The molecule has 2 aromatic rings. The Bertz CT molecular complexity index is 999. The van der Waals surface area contributed by atoms with Crippen LogP contribution < -0.4 is 10.6 Å². The molecule has 0 saturated heterocycles. The van der Waals surface area contributed by atoms with Crippen LogP contribution in [0.3, 0.4) is 0 Å². The van der Waals surface area contributed by atoms with Gasteiger partial charge in [0.1, 0.15) is 17.3 Å². The zero-order valence-corrected chi connectivity index (χ0v) is 20.0. The van der Waals surface area contributed by atoms with Crippen LogP contribution in [-0.2, 0) is 20.8 Å². The lowest BCUT2D eigenvalue weighted by Gasteiger charge is -2.32. The van der Waals surface area contributed by atoms with Crippen molar-refractivity contribution in [3.8, 4) is 11.5 Å². The molecule has 1 aromatic carbocycles. The summed E-state index contributed by atoms with van der Waals surface area (Å²) in [6.45, 7) is 5.49. The van der Waals surface area contributed by atoms with E-state index in [9.17, 15) is 19.5 Å². The highest BCUT2D eigenvalue weighted by atomic mass is 32.1. The summed E-state index contributed by atoms with van der Waals surface area (Å²) in [5.74, 6) is -1.22. The van der Waals surface area contributed by atoms with Gasteiger partial charge in [-0.1, -0.05) is 44.9 Å². The number of carboxylic acids is 1. The largest absolute Gasteiger partial charge is 0.480 e. The third-order valence-corrected chi connectivity index (χ3v) is 6.89. The van der Waals surface area contributed by atoms with Crippen LogP contribution in [0.15, 0.2) is 34.7 Å². The fraction of sp³-hybridized carbons (Fsp3) is 0.500. The molecule has 1 fully saturated rings. The van der Waals surface area contributed by atoms with Crippen molar-refractivity contribution in [3.05, 3.63) is 41.8 Å². The van der Waals surface area contributed by atoms with E-state index in [4.69, 9.17) is 4.42 Å². The fourth-order valence-electron chi connectivity index (χ4n) is 4.00. The number of hydrogen-bond donors (Lipinski definition) is 4. The van der Waals surface area contributed by atoms with Gasteiger partial charge < -0.3 is 20.2 Å². The average molecular weight is 474 g/mol. The summed E-state index contributed by atoms with van der Waals surface area (Å²) in [6.07, 6.45) is 2.39. The molecular weight excluding hydrogens is 442 g/mol. The second-order valence-electron chi connectivity index (χ2n) is 8.93. The first-order chi connectivity index (χ1) is 15.6. The van der Waals surface area contributed by atoms with Crippen molar-refractivity contribution in [3.63, 3.8) is 0 Å². The Balaban J connectivity index is 1.76. The van der Waals surface area contributed by atoms with Crippen LogP contribution >= 0.6 is 12.6 Å². The first-order valence-electron chi connectivity index (χ1n) is 11.2. The van der Waals surface area contributed by atoms with E-state index >= 15 is 0 Å². The summed E-state index contributed by atoms with van der Waals surface area (Å²) in [6, 6.07) is 8.08. The fourth-order valence-corrected chi connectivity index (χ4v) is 4.07. The number of hydrogen-bond acceptors (Lipinski definition) is 6. The molecule has 2 unspecified atom stereocenters. The molecule has 3 N–H and O–H groups in total. The number of carbonyl (C=O) groups is 3. The van der Waals surface area contributed by atoms with Crippen LogP contribution in [0.4, 0.5) is 0 Å². The molecule has 1 aromatic heterocycles. The number of aryl methyl sites for hydroxylation is 1. The predicted molar refractivity (Wildman–Crippen MR) is 127 cm³/mol. The lowest BCUT2D eigenvalue weighted by Crippen LogP contribution is -2.61. The third kappa shape index (κ3) is 5.76. The van der Waals surface area contributed by atoms with Gasteiger partial charge >= 0.3 is 5.97 Å². The monoisotopic (exact) mass is 473 g/mol. The number of oxazole rings is 1. The number of amides is 2. The van der Waals surface area contributed by atoms with Gasteiger partial charge in [0.2, 0.25) is 17.7 Å². The van der Waals surface area contributed by atoms with Crippen molar-refractivity contribution < 1.29 is 23.9 Å². The third-order valence-electron chi connectivity index (χ3n) is 6.06. The topological polar surface area (TPSA) is 122 Å². The summed E-state index contributed by atoms with van der Waals surface area (Å²) in [5.41, 5.74) is 0.210. The molecule has 2 amide bonds. The van der Waals surface area contributed by atoms with Gasteiger partial charge in [0.05, 0.1) is 10.9 Å². The molecule has 3 rings (SSSR count). The van der Waals surface area contributed by atoms with Gasteiger partial charge in [-0.3, -0.25) is 9.59 Å². The van der Waals surface area contributed by atoms with Crippen LogP contribution in [0.5, 0.6) is 0 Å². The van der Waals surface area contributed by atoms with Gasteiger partial charge in [-0.15, -0.1) is 0 Å². The minimum atomic E-state index is -1.22. The van der Waals surface area contributed by atoms with E-state index < -0.39 is 28.7 Å². The minimum absolute atomic E-state index is 0.00476. The van der Waals surface area contributed by atoms with Crippen molar-refractivity contribution in [2.45, 2.75) is 69.7 Å². The molecule has 9 heteroatoms. The number of nitrogens with zero attached hydrogens (tertiary/aromatic N) is 1. The van der Waals surface area contributed by atoms with Crippen LogP contribution in [0.25, 0.3) is 11.5 Å². The molecule has 0 radical (unpaired) electrons. The average Bonchev–Trinajstić information content (AvgIpc) is 3.40. The van der Waals surface area contributed by atoms with E-state index in [2.05, 4.69) is 28.2 Å². The van der Waals surface area contributed by atoms with Gasteiger partial charge in [0.25, 0.3) is 0 Å². The molecule has 8 nitrogen and oxygen atoms in total. The van der Waals surface area contributed by atoms with Crippen molar-refractivity contribution in [2.24, 2.45) is 5.92 Å². The Hall–Kier alpha value is -2.81. The highest BCUT2D eigenvalue weighted by molar-refractivity contribution is 7.81. The molecule has 1 saturated carbocycles. The van der Waals surface area contributed by atoms with E-state index in [0.717, 1.165) is 18.4 Å². The molecule has 33 heavy (non-hydrogen) atoms. The lowest BCUT2D eigenvalue weighted by atomic mass is 9.94. The smallest absolute Gasteiger partial charge is 0.326 e. The standard InChI is InChI=1S/C24H31N3O5S/c1-14(2)19(33)20(28)27-24(11-7-8-12-24)23(31)26-17(22(29)30)13-18-15(3)25-21(32-18)16-9-5-4-6-10-16/h4-6,9-10,14,17,19,33H,7-8,11-13H2,1-3H3,(H,26,31)(H,27,28)(H,29,30). The van der Waals surface area contributed by atoms with Crippen LogP contribution in [-0.4, -0.2) is 44.7 Å². The molecule has 1 aliphatic rings. The SMILES string of the molecule is Cc1nc(-c2ccccc2)oc1CC(NC(=O)C1(NC(=O)C(S)C(C)C)CCCC1)C(=O)O. The summed E-state index contributed by atoms with van der Waals surface area (Å²) < 4.78 is 5.83. The molecule has 2 atom stereocenters. The molecule has 178 valence electrons. The summed E-state index contributed by atoms with van der Waals surface area (Å²) in [7, 11) is 0. The summed E-state index contributed by atoms with van der Waals surface area (Å²) in [4.78, 5) is 42.3. The Morgan fingerprint density at radius 3 is 2.39 bits per heavy atom. The lowest BCUT2D eigenvalue weighted by molar-refractivity contribution is -0.143. The van der Waals surface area contributed by atoms with Gasteiger partial charge in [0, 0.05) is 12.0 Å². The number of benzene rings is 1. The molecule has 1 aliphatic carbocycles. The second-order valence-corrected chi connectivity index (χ2v) is 9.49. The number of thiol groups is 1. The molecular formula is C24H31N3O5S.